The van der Waals surface area contributed by atoms with Crippen molar-refractivity contribution in [3.8, 4) is 0 Å². The zero-order valence-corrected chi connectivity index (χ0v) is 23.6. The lowest BCUT2D eigenvalue weighted by Crippen LogP contribution is -2.36. The second-order valence-electron chi connectivity index (χ2n) is 10.6. The fourth-order valence-corrected chi connectivity index (χ4v) is 5.02. The van der Waals surface area contributed by atoms with Crippen LogP contribution in [0.1, 0.15) is 27.8 Å². The van der Waals surface area contributed by atoms with Crippen molar-refractivity contribution < 1.29 is 57.1 Å². The van der Waals surface area contributed by atoms with Gasteiger partial charge in [0.15, 0.2) is 58.2 Å². The van der Waals surface area contributed by atoms with Gasteiger partial charge < -0.3 is 0 Å². The molecule has 3 aromatic carbocycles. The van der Waals surface area contributed by atoms with Gasteiger partial charge in [0.25, 0.3) is 0 Å². The smallest absolute Gasteiger partial charge is 0.200 e. The summed E-state index contributed by atoms with van der Waals surface area (Å²) in [6, 6.07) is 0. The molecule has 16 heteroatoms. The van der Waals surface area contributed by atoms with Gasteiger partial charge in [-0.1, -0.05) is 0 Å². The Kier molecular flexibility index (Phi) is 10.4. The minimum Gasteiger partial charge on any atom is -0.296 e. The van der Waals surface area contributed by atoms with Crippen molar-refractivity contribution in [1.82, 2.24) is 14.7 Å². The highest BCUT2D eigenvalue weighted by Crippen LogP contribution is 2.28. The molecular weight excluding hydrogens is 637 g/mol. The molecule has 0 amide bonds. The summed E-state index contributed by atoms with van der Waals surface area (Å²) in [7, 11) is 0. The molecule has 1 heterocycles. The Morgan fingerprint density at radius 3 is 0.778 bits per heavy atom. The lowest BCUT2D eigenvalue weighted by Gasteiger charge is -2.27. The maximum Gasteiger partial charge on any atom is 0.200 e. The number of rotatable bonds is 6. The van der Waals surface area contributed by atoms with E-state index in [1.807, 2.05) is 0 Å². The van der Waals surface area contributed by atoms with Crippen molar-refractivity contribution >= 4 is 0 Å². The molecule has 1 aliphatic rings. The van der Waals surface area contributed by atoms with Crippen LogP contribution in [-0.4, -0.2) is 54.0 Å². The van der Waals surface area contributed by atoms with Crippen molar-refractivity contribution in [2.75, 3.05) is 39.3 Å². The molecule has 0 spiro atoms. The lowest BCUT2D eigenvalue weighted by molar-refractivity contribution is 0.200. The summed E-state index contributed by atoms with van der Waals surface area (Å²) in [5.41, 5.74) is -4.59. The highest BCUT2D eigenvalue weighted by Gasteiger charge is 2.30. The minimum atomic E-state index is -2.38. The maximum absolute atomic E-state index is 14.8. The van der Waals surface area contributed by atoms with E-state index in [1.54, 1.807) is 0 Å². The standard InChI is InChI=1S/C29H24F13N3/c1-12-17(30)14(21(34)25(38)19(12)32)9-43-3-4-44(10-15-18(31)13(2)20(33)26(39)22(15)35)6-8-45(7-5-43)11-16-23(36)27(40)29(42)28(41)24(16)37/h3-11H2,1-2H3. The average Bonchev–Trinajstić information content (AvgIpc) is 3.12. The summed E-state index contributed by atoms with van der Waals surface area (Å²) in [5, 5.41) is 0. The largest absolute Gasteiger partial charge is 0.296 e. The van der Waals surface area contributed by atoms with Gasteiger partial charge in [0.1, 0.15) is 11.6 Å². The van der Waals surface area contributed by atoms with Crippen molar-refractivity contribution in [2.24, 2.45) is 0 Å². The summed E-state index contributed by atoms with van der Waals surface area (Å²) in [6.07, 6.45) is 0. The molecule has 1 fully saturated rings. The average molecular weight is 662 g/mol. The van der Waals surface area contributed by atoms with Crippen LogP contribution >= 0.6 is 0 Å². The molecule has 0 unspecified atom stereocenters. The Morgan fingerprint density at radius 1 is 0.311 bits per heavy atom. The van der Waals surface area contributed by atoms with Crippen LogP contribution in [0.4, 0.5) is 57.1 Å². The highest BCUT2D eigenvalue weighted by atomic mass is 19.2. The van der Waals surface area contributed by atoms with Crippen LogP contribution in [0.25, 0.3) is 0 Å². The van der Waals surface area contributed by atoms with E-state index in [9.17, 15) is 57.1 Å². The van der Waals surface area contributed by atoms with Crippen LogP contribution in [0.3, 0.4) is 0 Å². The molecule has 1 aliphatic heterocycles. The summed E-state index contributed by atoms with van der Waals surface area (Å²) >= 11 is 0. The molecule has 0 aliphatic carbocycles. The van der Waals surface area contributed by atoms with Gasteiger partial charge in [-0.2, -0.15) is 0 Å². The van der Waals surface area contributed by atoms with E-state index < -0.39 is 123 Å². The second-order valence-corrected chi connectivity index (χ2v) is 10.6. The van der Waals surface area contributed by atoms with E-state index >= 15 is 0 Å². The van der Waals surface area contributed by atoms with Gasteiger partial charge in [0.2, 0.25) is 5.82 Å². The molecule has 0 aromatic heterocycles. The third-order valence-electron chi connectivity index (χ3n) is 7.79. The molecule has 0 saturated carbocycles. The molecule has 0 radical (unpaired) electrons. The summed E-state index contributed by atoms with van der Waals surface area (Å²) in [4.78, 5) is 3.71. The van der Waals surface area contributed by atoms with Crippen LogP contribution < -0.4 is 0 Å². The van der Waals surface area contributed by atoms with E-state index in [4.69, 9.17) is 0 Å². The highest BCUT2D eigenvalue weighted by molar-refractivity contribution is 5.31. The van der Waals surface area contributed by atoms with Gasteiger partial charge >= 0.3 is 0 Å². The van der Waals surface area contributed by atoms with Gasteiger partial charge in [-0.3, -0.25) is 14.7 Å². The van der Waals surface area contributed by atoms with E-state index in [-0.39, 0.29) is 39.3 Å². The molecular formula is C29H24F13N3. The Hall–Kier alpha value is -3.37. The molecule has 1 saturated heterocycles. The van der Waals surface area contributed by atoms with Gasteiger partial charge in [-0.15, -0.1) is 0 Å². The predicted octanol–water partition coefficient (Wildman–Crippen LogP) is 6.93. The quantitative estimate of drug-likeness (QED) is 0.161. The van der Waals surface area contributed by atoms with Crippen LogP contribution in [0, 0.1) is 89.5 Å². The first-order valence-corrected chi connectivity index (χ1v) is 13.4. The first kappa shape index (κ1) is 34.5. The molecule has 3 aromatic rings. The topological polar surface area (TPSA) is 9.72 Å². The number of hydrogen-bond acceptors (Lipinski definition) is 3. The van der Waals surface area contributed by atoms with Crippen molar-refractivity contribution in [3.05, 3.63) is 103 Å². The fourth-order valence-electron chi connectivity index (χ4n) is 5.02. The van der Waals surface area contributed by atoms with Crippen LogP contribution in [-0.2, 0) is 19.6 Å². The van der Waals surface area contributed by atoms with E-state index in [0.717, 1.165) is 13.8 Å². The summed E-state index contributed by atoms with van der Waals surface area (Å²) in [6.45, 7) is -1.82. The van der Waals surface area contributed by atoms with Crippen LogP contribution in [0.5, 0.6) is 0 Å². The normalized spacial score (nSPS) is 15.8. The van der Waals surface area contributed by atoms with Crippen LogP contribution in [0.15, 0.2) is 0 Å². The Balaban J connectivity index is 1.70. The zero-order valence-electron chi connectivity index (χ0n) is 23.6. The predicted molar refractivity (Wildman–Crippen MR) is 134 cm³/mol. The lowest BCUT2D eigenvalue weighted by atomic mass is 10.1. The molecule has 0 bridgehead atoms. The Bertz CT molecular complexity index is 1340. The Morgan fingerprint density at radius 2 is 0.511 bits per heavy atom. The molecule has 0 atom stereocenters. The van der Waals surface area contributed by atoms with Gasteiger partial charge in [-0.25, -0.2) is 57.1 Å². The van der Waals surface area contributed by atoms with Gasteiger partial charge in [-0.05, 0) is 13.8 Å². The monoisotopic (exact) mass is 661 g/mol. The SMILES string of the molecule is Cc1c(F)c(F)c(F)c(CN2CCN(Cc3c(F)c(C)c(F)c(F)c3F)CCN(Cc3c(F)c(F)c(F)c(F)c3F)CC2)c1F. The number of halogens is 13. The molecule has 4 rings (SSSR count). The molecule has 3 nitrogen and oxygen atoms in total. The first-order chi connectivity index (χ1) is 21.1. The third kappa shape index (κ3) is 6.63. The summed E-state index contributed by atoms with van der Waals surface area (Å²) in [5.74, 6) is -24.8. The van der Waals surface area contributed by atoms with Gasteiger partial charge in [0, 0.05) is 86.7 Å². The van der Waals surface area contributed by atoms with Crippen molar-refractivity contribution in [1.29, 1.82) is 0 Å². The molecule has 246 valence electrons. The first-order valence-electron chi connectivity index (χ1n) is 13.4. The van der Waals surface area contributed by atoms with Crippen molar-refractivity contribution in [2.45, 2.75) is 33.5 Å². The maximum atomic E-state index is 14.8. The Labute approximate surface area is 248 Å². The fraction of sp³-hybridized carbons (Fsp3) is 0.379. The summed E-state index contributed by atoms with van der Waals surface area (Å²) < 4.78 is 185. The number of hydrogen-bond donors (Lipinski definition) is 0. The number of nitrogens with zero attached hydrogens (tertiary/aromatic N) is 3. The number of benzene rings is 3. The van der Waals surface area contributed by atoms with Crippen molar-refractivity contribution in [3.63, 3.8) is 0 Å². The van der Waals surface area contributed by atoms with Gasteiger partial charge in [0.05, 0.1) is 0 Å². The third-order valence-corrected chi connectivity index (χ3v) is 7.79. The minimum absolute atomic E-state index is 0.181. The van der Waals surface area contributed by atoms with E-state index in [1.165, 1.54) is 14.7 Å². The zero-order chi connectivity index (χ0) is 33.5. The molecule has 45 heavy (non-hydrogen) atoms. The molecule has 0 N–H and O–H groups in total. The van der Waals surface area contributed by atoms with E-state index in [0.29, 0.717) is 0 Å². The van der Waals surface area contributed by atoms with E-state index in [2.05, 4.69) is 0 Å². The second kappa shape index (κ2) is 13.5. The van der Waals surface area contributed by atoms with Crippen LogP contribution in [0.2, 0.25) is 0 Å².